The molecule has 0 saturated carbocycles. The largest absolute Gasteiger partial charge is 0.323 e. The van der Waals surface area contributed by atoms with Crippen LogP contribution in [0.25, 0.3) is 5.69 Å². The van der Waals surface area contributed by atoms with E-state index >= 15 is 0 Å². The summed E-state index contributed by atoms with van der Waals surface area (Å²) >= 11 is 0. The summed E-state index contributed by atoms with van der Waals surface area (Å²) < 4.78 is 41.1. The number of aromatic nitrogens is 1. The fraction of sp³-hybridized carbons (Fsp3) is 0.350. The number of nitrogens with zero attached hydrogens (tertiary/aromatic N) is 2. The first kappa shape index (κ1) is 20.8. The van der Waals surface area contributed by atoms with Gasteiger partial charge in [-0.25, -0.2) is 13.2 Å². The van der Waals surface area contributed by atoms with Crippen molar-refractivity contribution < 1.29 is 22.8 Å². The number of hydrogen-bond acceptors (Lipinski definition) is 4. The molecule has 9 heteroatoms. The van der Waals surface area contributed by atoms with Crippen LogP contribution in [0.3, 0.4) is 0 Å². The highest BCUT2D eigenvalue weighted by atomic mass is 19.3. The van der Waals surface area contributed by atoms with Gasteiger partial charge >= 0.3 is 0 Å². The highest BCUT2D eigenvalue weighted by Gasteiger charge is 2.40. The van der Waals surface area contributed by atoms with E-state index in [1.165, 1.54) is 40.8 Å². The van der Waals surface area contributed by atoms with E-state index in [1.807, 2.05) is 0 Å². The summed E-state index contributed by atoms with van der Waals surface area (Å²) in [4.78, 5) is 37.7. The van der Waals surface area contributed by atoms with E-state index in [4.69, 9.17) is 0 Å². The summed E-state index contributed by atoms with van der Waals surface area (Å²) in [6.07, 6.45) is -1.08. The molecule has 1 aromatic heterocycles. The van der Waals surface area contributed by atoms with E-state index in [1.54, 1.807) is 12.1 Å². The van der Waals surface area contributed by atoms with Crippen LogP contribution in [0, 0.1) is 17.7 Å². The average Bonchev–Trinajstić information content (AvgIpc) is 3.07. The number of amides is 1. The van der Waals surface area contributed by atoms with Crippen molar-refractivity contribution in [2.45, 2.75) is 13.3 Å². The molecule has 6 nitrogen and oxygen atoms in total. The van der Waals surface area contributed by atoms with E-state index in [-0.39, 0.29) is 35.8 Å². The molecule has 1 saturated heterocycles. The van der Waals surface area contributed by atoms with E-state index < -0.39 is 36.5 Å². The van der Waals surface area contributed by atoms with Crippen molar-refractivity contribution in [3.8, 4) is 5.69 Å². The van der Waals surface area contributed by atoms with E-state index in [0.717, 1.165) is 6.07 Å². The average molecular weight is 407 g/mol. The number of alkyl halides is 2. The Bertz CT molecular complexity index is 977. The van der Waals surface area contributed by atoms with Crippen molar-refractivity contribution in [1.29, 1.82) is 0 Å². The maximum Gasteiger partial charge on any atom is 0.255 e. The maximum absolute atomic E-state index is 14.5. The van der Waals surface area contributed by atoms with Crippen molar-refractivity contribution in [2.75, 3.05) is 25.0 Å². The molecule has 1 amide bonds. The van der Waals surface area contributed by atoms with Gasteiger partial charge in [-0.05, 0) is 25.1 Å². The topological polar surface area (TPSA) is 71.4 Å². The van der Waals surface area contributed by atoms with Gasteiger partial charge in [-0.15, -0.1) is 0 Å². The van der Waals surface area contributed by atoms with Crippen molar-refractivity contribution >= 4 is 17.4 Å². The second-order valence-corrected chi connectivity index (χ2v) is 7.00. The van der Waals surface area contributed by atoms with Gasteiger partial charge < -0.3 is 5.32 Å². The number of carbonyl (C=O) groups is 2. The summed E-state index contributed by atoms with van der Waals surface area (Å²) in [5.74, 6) is -3.21. The van der Waals surface area contributed by atoms with Crippen LogP contribution >= 0.6 is 0 Å². The molecular weight excluding hydrogens is 387 g/mol. The van der Waals surface area contributed by atoms with Gasteiger partial charge in [0.2, 0.25) is 5.91 Å². The fourth-order valence-corrected chi connectivity index (χ4v) is 3.53. The van der Waals surface area contributed by atoms with Gasteiger partial charge in [-0.3, -0.25) is 23.9 Å². The SMILES string of the molecule is CC(=O)[C@H]1CN(CC(F)F)C[C@@H]1C(=O)Nc1ccc(-n2ccccc2=O)cc1F. The number of benzene rings is 1. The zero-order valence-corrected chi connectivity index (χ0v) is 15.6. The van der Waals surface area contributed by atoms with E-state index in [9.17, 15) is 27.6 Å². The van der Waals surface area contributed by atoms with Gasteiger partial charge in [0.25, 0.3) is 12.0 Å². The number of nitrogens with one attached hydrogen (secondary N) is 1. The fourth-order valence-electron chi connectivity index (χ4n) is 3.53. The van der Waals surface area contributed by atoms with Crippen molar-refractivity contribution in [3.63, 3.8) is 0 Å². The first-order valence-electron chi connectivity index (χ1n) is 9.05. The van der Waals surface area contributed by atoms with Crippen LogP contribution < -0.4 is 10.9 Å². The van der Waals surface area contributed by atoms with E-state index in [2.05, 4.69) is 5.32 Å². The summed E-state index contributed by atoms with van der Waals surface area (Å²) in [6.45, 7) is 0.849. The predicted octanol–water partition coefficient (Wildman–Crippen LogP) is 2.32. The smallest absolute Gasteiger partial charge is 0.255 e. The summed E-state index contributed by atoms with van der Waals surface area (Å²) in [7, 11) is 0. The van der Waals surface area contributed by atoms with Gasteiger partial charge in [0, 0.05) is 37.3 Å². The molecule has 1 N–H and O–H groups in total. The predicted molar refractivity (Wildman–Crippen MR) is 101 cm³/mol. The van der Waals surface area contributed by atoms with Crippen LogP contribution in [-0.2, 0) is 9.59 Å². The monoisotopic (exact) mass is 407 g/mol. The van der Waals surface area contributed by atoms with Crippen molar-refractivity contribution in [2.24, 2.45) is 11.8 Å². The van der Waals surface area contributed by atoms with Crippen molar-refractivity contribution in [3.05, 3.63) is 58.8 Å². The van der Waals surface area contributed by atoms with Crippen LogP contribution in [0.15, 0.2) is 47.4 Å². The van der Waals surface area contributed by atoms with Crippen LogP contribution in [0.5, 0.6) is 0 Å². The number of likely N-dealkylation sites (tertiary alicyclic amines) is 1. The minimum atomic E-state index is -2.57. The lowest BCUT2D eigenvalue weighted by Crippen LogP contribution is -2.32. The molecule has 2 atom stereocenters. The van der Waals surface area contributed by atoms with Crippen LogP contribution in [-0.4, -0.2) is 47.2 Å². The summed E-state index contributed by atoms with van der Waals surface area (Å²) in [5, 5.41) is 2.44. The van der Waals surface area contributed by atoms with Crippen LogP contribution in [0.2, 0.25) is 0 Å². The third-order valence-corrected chi connectivity index (χ3v) is 4.96. The molecule has 1 aliphatic rings. The molecule has 0 spiro atoms. The van der Waals surface area contributed by atoms with Crippen molar-refractivity contribution in [1.82, 2.24) is 9.47 Å². The second kappa shape index (κ2) is 8.60. The van der Waals surface area contributed by atoms with Gasteiger partial charge in [0.05, 0.1) is 23.8 Å². The van der Waals surface area contributed by atoms with E-state index in [0.29, 0.717) is 0 Å². The number of carbonyl (C=O) groups excluding carboxylic acids is 2. The normalized spacial score (nSPS) is 19.5. The molecular formula is C20H20F3N3O3. The number of hydrogen-bond donors (Lipinski definition) is 1. The third kappa shape index (κ3) is 4.73. The Labute approximate surface area is 164 Å². The van der Waals surface area contributed by atoms with Crippen LogP contribution in [0.4, 0.5) is 18.9 Å². The van der Waals surface area contributed by atoms with Gasteiger partial charge in [0.1, 0.15) is 11.6 Å². The highest BCUT2D eigenvalue weighted by molar-refractivity contribution is 5.96. The minimum absolute atomic E-state index is 0.000465. The van der Waals surface area contributed by atoms with Gasteiger partial charge in [0.15, 0.2) is 0 Å². The standard InChI is InChI=1S/C20H20F3N3O3/c1-12(27)14-9-25(11-18(22)23)10-15(14)20(29)24-17-6-5-13(8-16(17)21)26-7-3-2-4-19(26)28/h2-8,14-15,18H,9-11H2,1H3,(H,24,29)/t14-,15+/m1/s1. The highest BCUT2D eigenvalue weighted by Crippen LogP contribution is 2.27. The molecule has 29 heavy (non-hydrogen) atoms. The lowest BCUT2D eigenvalue weighted by atomic mass is 9.92. The first-order valence-corrected chi connectivity index (χ1v) is 9.05. The zero-order chi connectivity index (χ0) is 21.1. The molecule has 1 fully saturated rings. The molecule has 2 aromatic rings. The second-order valence-electron chi connectivity index (χ2n) is 7.00. The Balaban J connectivity index is 1.77. The number of halogens is 3. The number of anilines is 1. The Morgan fingerprint density at radius 2 is 1.90 bits per heavy atom. The first-order chi connectivity index (χ1) is 13.8. The Kier molecular flexibility index (Phi) is 6.17. The number of ketones is 1. The maximum atomic E-state index is 14.5. The van der Waals surface area contributed by atoms with Gasteiger partial charge in [-0.1, -0.05) is 6.07 Å². The molecule has 2 heterocycles. The Morgan fingerprint density at radius 1 is 1.17 bits per heavy atom. The number of Topliss-reactive ketones (excluding diaryl/α,β-unsaturated/α-hetero) is 1. The third-order valence-electron chi connectivity index (χ3n) is 4.96. The number of pyridine rings is 1. The molecule has 1 aliphatic heterocycles. The zero-order valence-electron chi connectivity index (χ0n) is 15.6. The molecule has 0 unspecified atom stereocenters. The molecule has 154 valence electrons. The Hall–Kier alpha value is -2.94. The molecule has 3 rings (SSSR count). The lowest BCUT2D eigenvalue weighted by molar-refractivity contribution is -0.127. The minimum Gasteiger partial charge on any atom is -0.323 e. The van der Waals surface area contributed by atoms with Gasteiger partial charge in [-0.2, -0.15) is 0 Å². The molecule has 0 aliphatic carbocycles. The summed E-state index contributed by atoms with van der Waals surface area (Å²) in [6, 6.07) is 8.42. The molecule has 1 aromatic carbocycles. The summed E-state index contributed by atoms with van der Waals surface area (Å²) in [5.41, 5.74) is -0.160. The number of rotatable bonds is 6. The van der Waals surface area contributed by atoms with Crippen LogP contribution in [0.1, 0.15) is 6.92 Å². The Morgan fingerprint density at radius 3 is 2.52 bits per heavy atom. The molecule has 0 radical (unpaired) electrons. The quantitative estimate of drug-likeness (QED) is 0.798. The molecule has 0 bridgehead atoms. The lowest BCUT2D eigenvalue weighted by Gasteiger charge is -2.16.